The normalized spacial score (nSPS) is 15.8. The van der Waals surface area contributed by atoms with Gasteiger partial charge in [0.25, 0.3) is 0 Å². The van der Waals surface area contributed by atoms with E-state index in [0.29, 0.717) is 0 Å². The maximum Gasteiger partial charge on any atom is 0.132 e. The van der Waals surface area contributed by atoms with E-state index in [-0.39, 0.29) is 0 Å². The predicted octanol–water partition coefficient (Wildman–Crippen LogP) is 1.44. The van der Waals surface area contributed by atoms with Crippen LogP contribution in [0.15, 0.2) is 30.3 Å². The fraction of sp³-hybridized carbons (Fsp3) is 0.308. The monoisotopic (exact) mass is 228 g/mol. The maximum atomic E-state index is 6.19. The van der Waals surface area contributed by atoms with E-state index in [1.54, 1.807) is 0 Å². The van der Waals surface area contributed by atoms with Crippen LogP contribution in [0, 0.1) is 0 Å². The van der Waals surface area contributed by atoms with Crippen LogP contribution < -0.4 is 5.73 Å². The molecule has 0 unspecified atom stereocenters. The SMILES string of the molecule is CN1CCc2nn(-c3ccccc3)c(N)c2C1. The molecule has 0 atom stereocenters. The van der Waals surface area contributed by atoms with Crippen LogP contribution in [0.1, 0.15) is 11.3 Å². The Morgan fingerprint density at radius 1 is 1.24 bits per heavy atom. The minimum absolute atomic E-state index is 0.776. The van der Waals surface area contributed by atoms with Gasteiger partial charge in [0.1, 0.15) is 5.82 Å². The first-order valence-corrected chi connectivity index (χ1v) is 5.86. The van der Waals surface area contributed by atoms with Crippen LogP contribution in [0.3, 0.4) is 0 Å². The number of hydrogen-bond donors (Lipinski definition) is 1. The minimum Gasteiger partial charge on any atom is -0.383 e. The van der Waals surface area contributed by atoms with Gasteiger partial charge in [0.05, 0.1) is 11.4 Å². The lowest BCUT2D eigenvalue weighted by atomic mass is 10.1. The molecule has 0 bridgehead atoms. The van der Waals surface area contributed by atoms with E-state index in [9.17, 15) is 0 Å². The van der Waals surface area contributed by atoms with Crippen LogP contribution in [-0.4, -0.2) is 28.3 Å². The first-order chi connectivity index (χ1) is 8.25. The Hall–Kier alpha value is -1.81. The van der Waals surface area contributed by atoms with E-state index in [2.05, 4.69) is 17.0 Å². The summed E-state index contributed by atoms with van der Waals surface area (Å²) in [6.45, 7) is 1.95. The number of hydrogen-bond acceptors (Lipinski definition) is 3. The highest BCUT2D eigenvalue weighted by molar-refractivity contribution is 5.50. The summed E-state index contributed by atoms with van der Waals surface area (Å²) in [5, 5.41) is 4.62. The molecule has 88 valence electrons. The van der Waals surface area contributed by atoms with Crippen LogP contribution in [0.2, 0.25) is 0 Å². The molecule has 0 saturated carbocycles. The predicted molar refractivity (Wildman–Crippen MR) is 68.0 cm³/mol. The number of nitrogens with zero attached hydrogens (tertiary/aromatic N) is 3. The van der Waals surface area contributed by atoms with Crippen LogP contribution >= 0.6 is 0 Å². The number of nitrogens with two attached hydrogens (primary N) is 1. The van der Waals surface area contributed by atoms with E-state index < -0.39 is 0 Å². The fourth-order valence-corrected chi connectivity index (χ4v) is 2.30. The molecule has 2 heterocycles. The molecule has 0 saturated heterocycles. The third-order valence-electron chi connectivity index (χ3n) is 3.27. The molecule has 0 spiro atoms. The zero-order valence-electron chi connectivity index (χ0n) is 9.93. The van der Waals surface area contributed by atoms with E-state index in [4.69, 9.17) is 5.73 Å². The Bertz CT molecular complexity index is 530. The van der Waals surface area contributed by atoms with Crippen molar-refractivity contribution in [1.82, 2.24) is 14.7 Å². The lowest BCUT2D eigenvalue weighted by molar-refractivity contribution is 0.312. The molecule has 2 N–H and O–H groups in total. The van der Waals surface area contributed by atoms with Crippen molar-refractivity contribution in [2.45, 2.75) is 13.0 Å². The highest BCUT2D eigenvalue weighted by Crippen LogP contribution is 2.25. The number of rotatable bonds is 1. The second-order valence-electron chi connectivity index (χ2n) is 4.55. The molecule has 1 aromatic heterocycles. The number of nitrogen functional groups attached to an aromatic ring is 1. The summed E-state index contributed by atoms with van der Waals surface area (Å²) in [6.07, 6.45) is 0.982. The highest BCUT2D eigenvalue weighted by atomic mass is 15.3. The van der Waals surface area contributed by atoms with Gasteiger partial charge in [0, 0.05) is 25.1 Å². The molecule has 17 heavy (non-hydrogen) atoms. The van der Waals surface area contributed by atoms with Crippen LogP contribution in [0.4, 0.5) is 5.82 Å². The summed E-state index contributed by atoms with van der Waals surface area (Å²) >= 11 is 0. The van der Waals surface area contributed by atoms with Crippen molar-refractivity contribution in [3.63, 3.8) is 0 Å². The van der Waals surface area contributed by atoms with Gasteiger partial charge < -0.3 is 10.6 Å². The van der Waals surface area contributed by atoms with Gasteiger partial charge in [-0.1, -0.05) is 18.2 Å². The molecule has 2 aromatic rings. The Morgan fingerprint density at radius 3 is 2.76 bits per heavy atom. The summed E-state index contributed by atoms with van der Waals surface area (Å²) in [5.74, 6) is 0.776. The average Bonchev–Trinajstić information content (AvgIpc) is 2.68. The van der Waals surface area contributed by atoms with Crippen LogP contribution in [0.25, 0.3) is 5.69 Å². The van der Waals surface area contributed by atoms with Gasteiger partial charge >= 0.3 is 0 Å². The quantitative estimate of drug-likeness (QED) is 0.803. The number of aromatic nitrogens is 2. The topological polar surface area (TPSA) is 47.1 Å². The van der Waals surface area contributed by atoms with E-state index in [1.807, 2.05) is 35.0 Å². The van der Waals surface area contributed by atoms with Crippen molar-refractivity contribution < 1.29 is 0 Å². The van der Waals surface area contributed by atoms with Crippen molar-refractivity contribution >= 4 is 5.82 Å². The molecule has 4 nitrogen and oxygen atoms in total. The van der Waals surface area contributed by atoms with Gasteiger partial charge in [-0.25, -0.2) is 4.68 Å². The van der Waals surface area contributed by atoms with Gasteiger partial charge in [0.2, 0.25) is 0 Å². The first-order valence-electron chi connectivity index (χ1n) is 5.86. The van der Waals surface area contributed by atoms with Gasteiger partial charge in [-0.15, -0.1) is 0 Å². The number of para-hydroxylation sites is 1. The van der Waals surface area contributed by atoms with Crippen molar-refractivity contribution in [2.75, 3.05) is 19.3 Å². The van der Waals surface area contributed by atoms with Crippen molar-refractivity contribution in [2.24, 2.45) is 0 Å². The zero-order valence-corrected chi connectivity index (χ0v) is 9.93. The maximum absolute atomic E-state index is 6.19. The number of likely N-dealkylation sites (N-methyl/N-ethyl adjacent to an activating group) is 1. The first kappa shape index (κ1) is 10.4. The summed E-state index contributed by atoms with van der Waals surface area (Å²) in [6, 6.07) is 10.1. The molecule has 0 amide bonds. The number of benzene rings is 1. The summed E-state index contributed by atoms with van der Waals surface area (Å²) < 4.78 is 1.85. The largest absolute Gasteiger partial charge is 0.383 e. The molecule has 3 rings (SSSR count). The Labute approximate surface area is 101 Å². The van der Waals surface area contributed by atoms with Crippen LogP contribution in [0.5, 0.6) is 0 Å². The molecule has 0 aliphatic carbocycles. The summed E-state index contributed by atoms with van der Waals surface area (Å²) in [7, 11) is 2.11. The van der Waals surface area contributed by atoms with Gasteiger partial charge in [-0.3, -0.25) is 0 Å². The van der Waals surface area contributed by atoms with E-state index in [0.717, 1.165) is 36.7 Å². The fourth-order valence-electron chi connectivity index (χ4n) is 2.30. The lowest BCUT2D eigenvalue weighted by Gasteiger charge is -2.21. The second kappa shape index (κ2) is 3.89. The van der Waals surface area contributed by atoms with E-state index in [1.165, 1.54) is 5.56 Å². The summed E-state index contributed by atoms with van der Waals surface area (Å²) in [4.78, 5) is 2.27. The van der Waals surface area contributed by atoms with Gasteiger partial charge in [-0.05, 0) is 19.2 Å². The molecular weight excluding hydrogens is 212 g/mol. The third-order valence-corrected chi connectivity index (χ3v) is 3.27. The van der Waals surface area contributed by atoms with Crippen molar-refractivity contribution in [3.05, 3.63) is 41.6 Å². The molecule has 0 fully saturated rings. The van der Waals surface area contributed by atoms with Crippen LogP contribution in [-0.2, 0) is 13.0 Å². The molecule has 1 aliphatic heterocycles. The average molecular weight is 228 g/mol. The van der Waals surface area contributed by atoms with Crippen molar-refractivity contribution in [3.8, 4) is 5.69 Å². The number of anilines is 1. The third kappa shape index (κ3) is 1.70. The molecule has 1 aliphatic rings. The summed E-state index contributed by atoms with van der Waals surface area (Å²) in [5.41, 5.74) is 9.55. The Balaban J connectivity index is 2.08. The standard InChI is InChI=1S/C13H16N4/c1-16-8-7-12-11(9-16)13(14)17(15-12)10-5-3-2-4-6-10/h2-6H,7-9,14H2,1H3. The molecule has 4 heteroatoms. The molecule has 0 radical (unpaired) electrons. The van der Waals surface area contributed by atoms with Crippen molar-refractivity contribution in [1.29, 1.82) is 0 Å². The van der Waals surface area contributed by atoms with Gasteiger partial charge in [-0.2, -0.15) is 5.10 Å². The number of fused-ring (bicyclic) bond motifs is 1. The lowest BCUT2D eigenvalue weighted by Crippen LogP contribution is -2.26. The zero-order chi connectivity index (χ0) is 11.8. The van der Waals surface area contributed by atoms with Gasteiger partial charge in [0.15, 0.2) is 0 Å². The van der Waals surface area contributed by atoms with E-state index >= 15 is 0 Å². The highest BCUT2D eigenvalue weighted by Gasteiger charge is 2.21. The smallest absolute Gasteiger partial charge is 0.132 e. The Kier molecular flexibility index (Phi) is 2.37. The molecular formula is C13H16N4. The Morgan fingerprint density at radius 2 is 2.00 bits per heavy atom. The minimum atomic E-state index is 0.776. The molecule has 1 aromatic carbocycles. The second-order valence-corrected chi connectivity index (χ2v) is 4.55.